The second-order valence-corrected chi connectivity index (χ2v) is 9.87. The Labute approximate surface area is 202 Å². The molecule has 176 valence electrons. The SMILES string of the molecule is CCN1C(=O)C2CC=C3C(c4ccc(O)c5ccccc45)C4=C(CC3C2C1=O)C(=O)C(C)=CC4=O. The van der Waals surface area contributed by atoms with Crippen LogP contribution in [-0.4, -0.2) is 39.9 Å². The summed E-state index contributed by atoms with van der Waals surface area (Å²) in [7, 11) is 0. The highest BCUT2D eigenvalue weighted by Crippen LogP contribution is 2.56. The van der Waals surface area contributed by atoms with E-state index in [2.05, 4.69) is 0 Å². The Kier molecular flexibility index (Phi) is 4.72. The van der Waals surface area contributed by atoms with E-state index in [4.69, 9.17) is 0 Å². The molecule has 0 bridgehead atoms. The molecular weight excluding hydrogens is 442 g/mol. The van der Waals surface area contributed by atoms with Gasteiger partial charge in [-0.1, -0.05) is 42.0 Å². The molecule has 6 heteroatoms. The van der Waals surface area contributed by atoms with Crippen molar-refractivity contribution in [2.75, 3.05) is 6.54 Å². The second kappa shape index (κ2) is 7.60. The molecule has 4 aliphatic rings. The van der Waals surface area contributed by atoms with E-state index >= 15 is 0 Å². The molecule has 0 spiro atoms. The average molecular weight is 468 g/mol. The Morgan fingerprint density at radius 2 is 1.71 bits per heavy atom. The fraction of sp³-hybridized carbons (Fsp3) is 0.310. The minimum Gasteiger partial charge on any atom is -0.507 e. The normalized spacial score (nSPS) is 28.1. The monoisotopic (exact) mass is 467 g/mol. The van der Waals surface area contributed by atoms with Gasteiger partial charge in [-0.25, -0.2) is 0 Å². The largest absolute Gasteiger partial charge is 0.507 e. The number of phenolic OH excluding ortho intramolecular Hbond substituents is 1. The van der Waals surface area contributed by atoms with Crippen LogP contribution in [-0.2, 0) is 19.2 Å². The first-order valence-corrected chi connectivity index (χ1v) is 12.1. The van der Waals surface area contributed by atoms with Crippen LogP contribution >= 0.6 is 0 Å². The van der Waals surface area contributed by atoms with E-state index in [9.17, 15) is 24.3 Å². The van der Waals surface area contributed by atoms with Crippen molar-refractivity contribution in [1.29, 1.82) is 0 Å². The predicted octanol–water partition coefficient (Wildman–Crippen LogP) is 3.99. The van der Waals surface area contributed by atoms with Crippen molar-refractivity contribution >= 4 is 34.2 Å². The average Bonchev–Trinajstić information content (AvgIpc) is 3.11. The van der Waals surface area contributed by atoms with Crippen LogP contribution in [0.3, 0.4) is 0 Å². The number of likely N-dealkylation sites (tertiary alicyclic amines) is 1. The highest BCUT2D eigenvalue weighted by molar-refractivity contribution is 6.24. The first-order valence-electron chi connectivity index (χ1n) is 12.1. The van der Waals surface area contributed by atoms with Crippen LogP contribution in [0.4, 0.5) is 0 Å². The number of rotatable bonds is 2. The summed E-state index contributed by atoms with van der Waals surface area (Å²) in [5.74, 6) is -2.36. The van der Waals surface area contributed by atoms with Gasteiger partial charge in [-0.2, -0.15) is 0 Å². The molecule has 4 atom stereocenters. The molecule has 0 saturated carbocycles. The van der Waals surface area contributed by atoms with Gasteiger partial charge < -0.3 is 5.11 Å². The van der Waals surface area contributed by atoms with Crippen molar-refractivity contribution in [3.8, 4) is 5.75 Å². The van der Waals surface area contributed by atoms with Gasteiger partial charge in [0.05, 0.1) is 11.8 Å². The Bertz CT molecular complexity index is 1460. The van der Waals surface area contributed by atoms with Crippen molar-refractivity contribution in [1.82, 2.24) is 4.90 Å². The van der Waals surface area contributed by atoms with Gasteiger partial charge in [-0.05, 0) is 55.7 Å². The molecule has 1 N–H and O–H groups in total. The number of ketones is 2. The number of amides is 2. The van der Waals surface area contributed by atoms with Crippen LogP contribution in [0.15, 0.2) is 70.8 Å². The lowest BCUT2D eigenvalue weighted by atomic mass is 9.59. The lowest BCUT2D eigenvalue weighted by Gasteiger charge is -2.42. The predicted molar refractivity (Wildman–Crippen MR) is 129 cm³/mol. The molecule has 1 saturated heterocycles. The van der Waals surface area contributed by atoms with Crippen LogP contribution < -0.4 is 0 Å². The van der Waals surface area contributed by atoms with E-state index in [1.54, 1.807) is 19.9 Å². The maximum atomic E-state index is 13.4. The second-order valence-electron chi connectivity index (χ2n) is 9.87. The van der Waals surface area contributed by atoms with Crippen molar-refractivity contribution in [3.05, 3.63) is 76.4 Å². The lowest BCUT2D eigenvalue weighted by molar-refractivity contribution is -0.139. The molecule has 2 aromatic rings. The molecule has 0 aromatic heterocycles. The van der Waals surface area contributed by atoms with E-state index < -0.39 is 17.8 Å². The van der Waals surface area contributed by atoms with Gasteiger partial charge in [0.2, 0.25) is 11.8 Å². The van der Waals surface area contributed by atoms with Gasteiger partial charge in [0.1, 0.15) is 5.75 Å². The minimum atomic E-state index is -0.531. The molecule has 2 amide bonds. The number of fused-ring (bicyclic) bond motifs is 4. The summed E-state index contributed by atoms with van der Waals surface area (Å²) in [5, 5.41) is 11.9. The molecule has 1 aliphatic heterocycles. The maximum absolute atomic E-state index is 13.4. The van der Waals surface area contributed by atoms with Crippen LogP contribution in [0.1, 0.15) is 38.2 Å². The summed E-state index contributed by atoms with van der Waals surface area (Å²) in [5.41, 5.74) is 3.05. The molecule has 4 unspecified atom stereocenters. The number of hydrogen-bond donors (Lipinski definition) is 1. The van der Waals surface area contributed by atoms with Gasteiger partial charge in [0.15, 0.2) is 11.6 Å². The van der Waals surface area contributed by atoms with Crippen molar-refractivity contribution in [2.45, 2.75) is 32.6 Å². The zero-order valence-corrected chi connectivity index (χ0v) is 19.6. The molecule has 3 aliphatic carbocycles. The van der Waals surface area contributed by atoms with Crippen molar-refractivity contribution < 1.29 is 24.3 Å². The lowest BCUT2D eigenvalue weighted by Crippen LogP contribution is -2.39. The van der Waals surface area contributed by atoms with Gasteiger partial charge in [-0.3, -0.25) is 24.1 Å². The Morgan fingerprint density at radius 3 is 2.46 bits per heavy atom. The Balaban J connectivity index is 1.61. The summed E-state index contributed by atoms with van der Waals surface area (Å²) in [4.78, 5) is 54.4. The first-order chi connectivity index (χ1) is 16.8. The standard InChI is InChI=1S/C29H25NO5/c1-3-30-28(34)19-9-8-18-20(25(19)29(30)35)13-21-26(23(32)12-14(2)27(21)33)24(18)17-10-11-22(31)16-7-5-4-6-15(16)17/h4-8,10-12,19-20,24-25,31H,3,9,13H2,1-2H3. The number of phenols is 1. The topological polar surface area (TPSA) is 91.8 Å². The molecule has 1 heterocycles. The third kappa shape index (κ3) is 2.89. The van der Waals surface area contributed by atoms with Crippen LogP contribution in [0.25, 0.3) is 10.8 Å². The third-order valence-corrected chi connectivity index (χ3v) is 8.22. The molecule has 2 aromatic carbocycles. The maximum Gasteiger partial charge on any atom is 0.233 e. The fourth-order valence-electron chi connectivity index (χ4n) is 6.67. The zero-order chi connectivity index (χ0) is 24.6. The highest BCUT2D eigenvalue weighted by atomic mass is 16.3. The van der Waals surface area contributed by atoms with Gasteiger partial charge >= 0.3 is 0 Å². The Morgan fingerprint density at radius 1 is 0.971 bits per heavy atom. The van der Waals surface area contributed by atoms with Crippen LogP contribution in [0.5, 0.6) is 5.75 Å². The van der Waals surface area contributed by atoms with Gasteiger partial charge in [0.25, 0.3) is 0 Å². The number of hydrogen-bond acceptors (Lipinski definition) is 5. The zero-order valence-electron chi connectivity index (χ0n) is 19.6. The molecular formula is C29H25NO5. The summed E-state index contributed by atoms with van der Waals surface area (Å²) >= 11 is 0. The quantitative estimate of drug-likeness (QED) is 0.410. The highest BCUT2D eigenvalue weighted by Gasteiger charge is 2.56. The number of carbonyl (C=O) groups is 4. The summed E-state index contributed by atoms with van der Waals surface area (Å²) in [6, 6.07) is 10.9. The molecule has 6 rings (SSSR count). The van der Waals surface area contributed by atoms with E-state index in [0.717, 1.165) is 16.5 Å². The van der Waals surface area contributed by atoms with Gasteiger partial charge in [-0.15, -0.1) is 0 Å². The van der Waals surface area contributed by atoms with Crippen molar-refractivity contribution in [2.24, 2.45) is 17.8 Å². The van der Waals surface area contributed by atoms with E-state index in [1.807, 2.05) is 36.4 Å². The molecule has 35 heavy (non-hydrogen) atoms. The van der Waals surface area contributed by atoms with E-state index in [-0.39, 0.29) is 41.5 Å². The minimum absolute atomic E-state index is 0.139. The Hall–Kier alpha value is -3.80. The smallest absolute Gasteiger partial charge is 0.233 e. The number of benzene rings is 2. The summed E-state index contributed by atoms with van der Waals surface area (Å²) in [6.45, 7) is 3.77. The molecule has 1 fully saturated rings. The number of Topliss-reactive ketones (excluding diaryl/α,β-unsaturated/α-hetero) is 1. The number of allylic oxidation sites excluding steroid dienone is 6. The number of aromatic hydroxyl groups is 1. The van der Waals surface area contributed by atoms with Gasteiger partial charge in [0, 0.05) is 34.6 Å². The molecule has 6 nitrogen and oxygen atoms in total. The van der Waals surface area contributed by atoms with Crippen molar-refractivity contribution in [3.63, 3.8) is 0 Å². The number of nitrogens with zero attached hydrogens (tertiary/aromatic N) is 1. The third-order valence-electron chi connectivity index (χ3n) is 8.22. The van der Waals surface area contributed by atoms with E-state index in [1.165, 1.54) is 11.0 Å². The summed E-state index contributed by atoms with van der Waals surface area (Å²) < 4.78 is 0. The fourth-order valence-corrected chi connectivity index (χ4v) is 6.67. The van der Waals surface area contributed by atoms with Crippen LogP contribution in [0.2, 0.25) is 0 Å². The summed E-state index contributed by atoms with van der Waals surface area (Å²) in [6.07, 6.45) is 4.15. The number of imide groups is 1. The number of carbonyl (C=O) groups excluding carboxylic acids is 4. The molecule has 0 radical (unpaired) electrons. The first kappa shape index (κ1) is 21.7. The van der Waals surface area contributed by atoms with E-state index in [0.29, 0.717) is 35.1 Å². The van der Waals surface area contributed by atoms with Crippen LogP contribution in [0, 0.1) is 17.8 Å².